The quantitative estimate of drug-likeness (QED) is 0.914. The first-order chi connectivity index (χ1) is 12.1. The van der Waals surface area contributed by atoms with Gasteiger partial charge >= 0.3 is 0 Å². The molecule has 2 aliphatic heterocycles. The maximum Gasteiger partial charge on any atom is 0.226 e. The van der Waals surface area contributed by atoms with Crippen LogP contribution in [-0.4, -0.2) is 47.9 Å². The third kappa shape index (κ3) is 3.58. The summed E-state index contributed by atoms with van der Waals surface area (Å²) >= 11 is 0. The van der Waals surface area contributed by atoms with Crippen molar-refractivity contribution < 1.29 is 9.18 Å². The molecule has 4 atom stereocenters. The van der Waals surface area contributed by atoms with E-state index in [9.17, 15) is 9.18 Å². The SMILES string of the molecule is NC1CCC2CN(C(=O)C3CCCN(Cc4cccc(F)c4)C3)CC12. The summed E-state index contributed by atoms with van der Waals surface area (Å²) in [5.41, 5.74) is 7.19. The molecule has 1 aliphatic carbocycles. The van der Waals surface area contributed by atoms with E-state index in [4.69, 9.17) is 5.73 Å². The smallest absolute Gasteiger partial charge is 0.226 e. The highest BCUT2D eigenvalue weighted by Crippen LogP contribution is 2.38. The fourth-order valence-electron chi connectivity index (χ4n) is 5.04. The predicted octanol–water partition coefficient (Wildman–Crippen LogP) is 2.23. The monoisotopic (exact) mass is 345 g/mol. The Morgan fingerprint density at radius 1 is 1.20 bits per heavy atom. The molecular weight excluding hydrogens is 317 g/mol. The van der Waals surface area contributed by atoms with Crippen LogP contribution in [-0.2, 0) is 11.3 Å². The third-order valence-electron chi connectivity index (χ3n) is 6.37. The standard InChI is InChI=1S/C20H28FN3O/c21-17-5-1-3-14(9-17)10-23-8-2-4-16(11-23)20(25)24-12-15-6-7-19(22)18(15)13-24/h1,3,5,9,15-16,18-19H,2,4,6-8,10-13,22H2. The van der Waals surface area contributed by atoms with Crippen molar-refractivity contribution in [2.75, 3.05) is 26.2 Å². The number of hydrogen-bond acceptors (Lipinski definition) is 3. The maximum atomic E-state index is 13.4. The third-order valence-corrected chi connectivity index (χ3v) is 6.37. The number of nitrogens with two attached hydrogens (primary N) is 1. The molecule has 2 N–H and O–H groups in total. The molecule has 5 heteroatoms. The van der Waals surface area contributed by atoms with E-state index in [1.165, 1.54) is 12.5 Å². The summed E-state index contributed by atoms with van der Waals surface area (Å²) in [4.78, 5) is 17.4. The number of carbonyl (C=O) groups excluding carboxylic acids is 1. The maximum absolute atomic E-state index is 13.4. The Labute approximate surface area is 149 Å². The topological polar surface area (TPSA) is 49.6 Å². The highest BCUT2D eigenvalue weighted by atomic mass is 19.1. The van der Waals surface area contributed by atoms with Crippen molar-refractivity contribution in [2.24, 2.45) is 23.5 Å². The average molecular weight is 345 g/mol. The number of piperidine rings is 1. The Hall–Kier alpha value is -1.46. The van der Waals surface area contributed by atoms with Crippen LogP contribution < -0.4 is 5.73 Å². The minimum Gasteiger partial charge on any atom is -0.342 e. The summed E-state index contributed by atoms with van der Waals surface area (Å²) in [6.07, 6.45) is 4.29. The van der Waals surface area contributed by atoms with Crippen molar-refractivity contribution in [1.82, 2.24) is 9.80 Å². The lowest BCUT2D eigenvalue weighted by atomic mass is 9.96. The molecule has 1 aromatic rings. The lowest BCUT2D eigenvalue weighted by Crippen LogP contribution is -2.44. The Morgan fingerprint density at radius 3 is 2.88 bits per heavy atom. The second-order valence-corrected chi connectivity index (χ2v) is 8.11. The van der Waals surface area contributed by atoms with E-state index < -0.39 is 0 Å². The Bertz CT molecular complexity index is 637. The largest absolute Gasteiger partial charge is 0.342 e. The van der Waals surface area contributed by atoms with Crippen LogP contribution in [0.1, 0.15) is 31.2 Å². The summed E-state index contributed by atoms with van der Waals surface area (Å²) in [6.45, 7) is 4.24. The molecule has 2 heterocycles. The van der Waals surface area contributed by atoms with E-state index in [1.807, 2.05) is 6.07 Å². The van der Waals surface area contributed by atoms with E-state index in [0.29, 0.717) is 17.7 Å². The van der Waals surface area contributed by atoms with Crippen molar-refractivity contribution in [2.45, 2.75) is 38.3 Å². The van der Waals surface area contributed by atoms with Crippen LogP contribution >= 0.6 is 0 Å². The zero-order valence-corrected chi connectivity index (χ0v) is 14.7. The second-order valence-electron chi connectivity index (χ2n) is 8.11. The van der Waals surface area contributed by atoms with Gasteiger partial charge in [0.25, 0.3) is 0 Å². The highest BCUT2D eigenvalue weighted by Gasteiger charge is 2.43. The molecule has 136 valence electrons. The molecule has 1 aromatic carbocycles. The van der Waals surface area contributed by atoms with Crippen LogP contribution in [0.25, 0.3) is 0 Å². The Morgan fingerprint density at radius 2 is 2.08 bits per heavy atom. The molecule has 0 spiro atoms. The lowest BCUT2D eigenvalue weighted by Gasteiger charge is -2.34. The van der Waals surface area contributed by atoms with Crippen LogP contribution in [0.4, 0.5) is 4.39 Å². The lowest BCUT2D eigenvalue weighted by molar-refractivity contribution is -0.136. The molecule has 4 unspecified atom stereocenters. The van der Waals surface area contributed by atoms with Crippen LogP contribution in [0.5, 0.6) is 0 Å². The number of fused-ring (bicyclic) bond motifs is 1. The van der Waals surface area contributed by atoms with Crippen molar-refractivity contribution >= 4 is 5.91 Å². The number of carbonyl (C=O) groups is 1. The van der Waals surface area contributed by atoms with Gasteiger partial charge in [0.2, 0.25) is 5.91 Å². The molecule has 4 rings (SSSR count). The second kappa shape index (κ2) is 7.04. The molecule has 3 fully saturated rings. The molecule has 0 radical (unpaired) electrons. The molecule has 2 saturated heterocycles. The minimum atomic E-state index is -0.193. The number of benzene rings is 1. The van der Waals surface area contributed by atoms with Gasteiger partial charge in [0.05, 0.1) is 5.92 Å². The number of nitrogens with zero attached hydrogens (tertiary/aromatic N) is 2. The number of amides is 1. The van der Waals surface area contributed by atoms with Crippen LogP contribution in [0.3, 0.4) is 0 Å². The molecule has 1 saturated carbocycles. The van der Waals surface area contributed by atoms with Gasteiger partial charge in [0.15, 0.2) is 0 Å². The van der Waals surface area contributed by atoms with Gasteiger partial charge in [0.1, 0.15) is 5.82 Å². The van der Waals surface area contributed by atoms with Crippen molar-refractivity contribution in [3.05, 3.63) is 35.6 Å². The number of hydrogen-bond donors (Lipinski definition) is 1. The predicted molar refractivity (Wildman–Crippen MR) is 95.2 cm³/mol. The van der Waals surface area contributed by atoms with Gasteiger partial charge < -0.3 is 10.6 Å². The van der Waals surface area contributed by atoms with E-state index in [2.05, 4.69) is 9.80 Å². The van der Waals surface area contributed by atoms with Gasteiger partial charge in [-0.2, -0.15) is 0 Å². The molecular formula is C20H28FN3O. The normalized spacial score (nSPS) is 32.8. The van der Waals surface area contributed by atoms with Gasteiger partial charge in [-0.15, -0.1) is 0 Å². The highest BCUT2D eigenvalue weighted by molar-refractivity contribution is 5.79. The van der Waals surface area contributed by atoms with Crippen LogP contribution in [0.2, 0.25) is 0 Å². The van der Waals surface area contributed by atoms with E-state index in [0.717, 1.165) is 57.5 Å². The summed E-state index contributed by atoms with van der Waals surface area (Å²) < 4.78 is 13.4. The Balaban J connectivity index is 1.35. The molecule has 25 heavy (non-hydrogen) atoms. The first-order valence-electron chi connectivity index (χ1n) is 9.61. The average Bonchev–Trinajstić information content (AvgIpc) is 3.17. The molecule has 3 aliphatic rings. The van der Waals surface area contributed by atoms with E-state index in [-0.39, 0.29) is 17.8 Å². The fourth-order valence-corrected chi connectivity index (χ4v) is 5.04. The summed E-state index contributed by atoms with van der Waals surface area (Å²) in [7, 11) is 0. The zero-order chi connectivity index (χ0) is 17.4. The van der Waals surface area contributed by atoms with Crippen LogP contribution in [0.15, 0.2) is 24.3 Å². The number of likely N-dealkylation sites (tertiary alicyclic amines) is 2. The van der Waals surface area contributed by atoms with Crippen molar-refractivity contribution in [3.8, 4) is 0 Å². The van der Waals surface area contributed by atoms with Crippen LogP contribution in [0, 0.1) is 23.6 Å². The molecule has 4 nitrogen and oxygen atoms in total. The summed E-state index contributed by atoms with van der Waals surface area (Å²) in [6, 6.07) is 7.05. The van der Waals surface area contributed by atoms with Crippen molar-refractivity contribution in [3.63, 3.8) is 0 Å². The molecule has 1 amide bonds. The fraction of sp³-hybridized carbons (Fsp3) is 0.650. The zero-order valence-electron chi connectivity index (χ0n) is 14.7. The van der Waals surface area contributed by atoms with Gasteiger partial charge in [-0.05, 0) is 61.8 Å². The van der Waals surface area contributed by atoms with Gasteiger partial charge in [-0.25, -0.2) is 4.39 Å². The van der Waals surface area contributed by atoms with E-state index >= 15 is 0 Å². The molecule has 0 bridgehead atoms. The number of halogens is 1. The minimum absolute atomic E-state index is 0.0809. The number of rotatable bonds is 3. The van der Waals surface area contributed by atoms with Gasteiger partial charge in [0, 0.05) is 32.2 Å². The Kier molecular flexibility index (Phi) is 4.78. The summed E-state index contributed by atoms with van der Waals surface area (Å²) in [5, 5.41) is 0. The molecule has 0 aromatic heterocycles. The summed E-state index contributed by atoms with van der Waals surface area (Å²) in [5.74, 6) is 1.33. The first-order valence-corrected chi connectivity index (χ1v) is 9.61. The van der Waals surface area contributed by atoms with Gasteiger partial charge in [-0.3, -0.25) is 9.69 Å². The van der Waals surface area contributed by atoms with E-state index in [1.54, 1.807) is 12.1 Å². The first kappa shape index (κ1) is 17.0. The van der Waals surface area contributed by atoms with Gasteiger partial charge in [-0.1, -0.05) is 12.1 Å². The van der Waals surface area contributed by atoms with Crippen molar-refractivity contribution in [1.29, 1.82) is 0 Å².